The van der Waals surface area contributed by atoms with E-state index in [1.54, 1.807) is 25.1 Å². The van der Waals surface area contributed by atoms with Gasteiger partial charge in [-0.1, -0.05) is 17.7 Å². The van der Waals surface area contributed by atoms with Gasteiger partial charge in [-0.05, 0) is 38.1 Å². The van der Waals surface area contributed by atoms with Crippen LogP contribution in [0.4, 0.5) is 5.69 Å². The third kappa shape index (κ3) is 3.14. The average molecular weight is 299 g/mol. The van der Waals surface area contributed by atoms with Crippen molar-refractivity contribution in [1.82, 2.24) is 0 Å². The van der Waals surface area contributed by atoms with Crippen molar-refractivity contribution < 1.29 is 19.0 Å². The molecule has 0 saturated carbocycles. The Bertz CT molecular complexity index is 682. The minimum absolute atomic E-state index is 0.208. The summed E-state index contributed by atoms with van der Waals surface area (Å²) >= 11 is 0. The number of aryl methyl sites for hydroxylation is 1. The minimum atomic E-state index is -0.604. The van der Waals surface area contributed by atoms with Gasteiger partial charge in [0.25, 0.3) is 5.91 Å². The van der Waals surface area contributed by atoms with Crippen molar-refractivity contribution in [3.8, 4) is 17.2 Å². The van der Waals surface area contributed by atoms with E-state index in [9.17, 15) is 4.79 Å². The summed E-state index contributed by atoms with van der Waals surface area (Å²) < 4.78 is 16.1. The second-order valence-corrected chi connectivity index (χ2v) is 5.13. The normalized spacial score (nSPS) is 13.5. The molecule has 0 bridgehead atoms. The van der Waals surface area contributed by atoms with Crippen LogP contribution in [0.15, 0.2) is 42.5 Å². The molecule has 22 heavy (non-hydrogen) atoms. The van der Waals surface area contributed by atoms with Crippen LogP contribution in [-0.4, -0.2) is 18.8 Å². The number of ether oxygens (including phenoxy) is 3. The highest BCUT2D eigenvalue weighted by molar-refractivity contribution is 5.94. The lowest BCUT2D eigenvalue weighted by molar-refractivity contribution is -0.122. The van der Waals surface area contributed by atoms with Gasteiger partial charge in [0.1, 0.15) is 5.75 Å². The molecule has 2 aromatic rings. The molecule has 0 aliphatic carbocycles. The molecule has 1 heterocycles. The van der Waals surface area contributed by atoms with Gasteiger partial charge in [0.2, 0.25) is 6.79 Å². The second-order valence-electron chi connectivity index (χ2n) is 5.13. The zero-order valence-electron chi connectivity index (χ0n) is 12.5. The van der Waals surface area contributed by atoms with Crippen molar-refractivity contribution in [1.29, 1.82) is 0 Å². The highest BCUT2D eigenvalue weighted by Gasteiger charge is 2.17. The first-order valence-corrected chi connectivity index (χ1v) is 7.05. The zero-order chi connectivity index (χ0) is 15.5. The molecule has 5 nitrogen and oxygen atoms in total. The van der Waals surface area contributed by atoms with E-state index in [4.69, 9.17) is 14.2 Å². The maximum atomic E-state index is 12.2. The summed E-state index contributed by atoms with van der Waals surface area (Å²) in [6.45, 7) is 3.92. The quantitative estimate of drug-likeness (QED) is 0.942. The fourth-order valence-corrected chi connectivity index (χ4v) is 2.09. The maximum Gasteiger partial charge on any atom is 0.265 e. The Morgan fingerprint density at radius 3 is 2.64 bits per heavy atom. The van der Waals surface area contributed by atoms with Gasteiger partial charge in [0.05, 0.1) is 0 Å². The van der Waals surface area contributed by atoms with Gasteiger partial charge in [-0.2, -0.15) is 0 Å². The van der Waals surface area contributed by atoms with Crippen molar-refractivity contribution in [3.63, 3.8) is 0 Å². The summed E-state index contributed by atoms with van der Waals surface area (Å²) in [6.07, 6.45) is -0.604. The van der Waals surface area contributed by atoms with E-state index >= 15 is 0 Å². The number of amides is 1. The number of fused-ring (bicyclic) bond motifs is 1. The fourth-order valence-electron chi connectivity index (χ4n) is 2.09. The largest absolute Gasteiger partial charge is 0.481 e. The van der Waals surface area contributed by atoms with Crippen LogP contribution in [-0.2, 0) is 4.79 Å². The topological polar surface area (TPSA) is 56.8 Å². The summed E-state index contributed by atoms with van der Waals surface area (Å²) in [4.78, 5) is 12.2. The van der Waals surface area contributed by atoms with Crippen LogP contribution in [0, 0.1) is 6.92 Å². The first-order valence-electron chi connectivity index (χ1n) is 7.05. The average Bonchev–Trinajstić information content (AvgIpc) is 2.97. The van der Waals surface area contributed by atoms with Gasteiger partial charge in [-0.25, -0.2) is 0 Å². The Kier molecular flexibility index (Phi) is 3.87. The SMILES string of the molecule is Cc1ccc(OC(C)C(=O)Nc2ccc3c(c2)OCO3)cc1. The van der Waals surface area contributed by atoms with Gasteiger partial charge in [-0.15, -0.1) is 0 Å². The van der Waals surface area contributed by atoms with Crippen molar-refractivity contribution in [2.45, 2.75) is 20.0 Å². The highest BCUT2D eigenvalue weighted by Crippen LogP contribution is 2.34. The number of carbonyl (C=O) groups is 1. The number of benzene rings is 2. The summed E-state index contributed by atoms with van der Waals surface area (Å²) in [5.74, 6) is 1.75. The Morgan fingerprint density at radius 2 is 1.86 bits per heavy atom. The Hall–Kier alpha value is -2.69. The number of nitrogens with one attached hydrogen (secondary N) is 1. The van der Waals surface area contributed by atoms with Crippen LogP contribution in [0.2, 0.25) is 0 Å². The van der Waals surface area contributed by atoms with E-state index in [1.165, 1.54) is 0 Å². The monoisotopic (exact) mass is 299 g/mol. The van der Waals surface area contributed by atoms with E-state index in [2.05, 4.69) is 5.32 Å². The molecule has 0 spiro atoms. The number of rotatable bonds is 4. The molecule has 0 radical (unpaired) electrons. The summed E-state index contributed by atoms with van der Waals surface area (Å²) in [6, 6.07) is 12.8. The molecular formula is C17H17NO4. The molecule has 1 aliphatic heterocycles. The molecule has 114 valence electrons. The lowest BCUT2D eigenvalue weighted by Crippen LogP contribution is -2.30. The van der Waals surface area contributed by atoms with Gasteiger partial charge in [-0.3, -0.25) is 4.79 Å². The van der Waals surface area contributed by atoms with Crippen molar-refractivity contribution in [2.75, 3.05) is 12.1 Å². The molecular weight excluding hydrogens is 282 g/mol. The first-order chi connectivity index (χ1) is 10.6. The zero-order valence-corrected chi connectivity index (χ0v) is 12.5. The smallest absolute Gasteiger partial charge is 0.265 e. The van der Waals surface area contributed by atoms with E-state index in [1.807, 2.05) is 31.2 Å². The Morgan fingerprint density at radius 1 is 1.14 bits per heavy atom. The standard InChI is InChI=1S/C17H17NO4/c1-11-3-6-14(7-4-11)22-12(2)17(19)18-13-5-8-15-16(9-13)21-10-20-15/h3-9,12H,10H2,1-2H3,(H,18,19). The molecule has 1 atom stereocenters. The lowest BCUT2D eigenvalue weighted by atomic mass is 10.2. The molecule has 2 aromatic carbocycles. The molecule has 1 amide bonds. The van der Waals surface area contributed by atoms with Gasteiger partial charge in [0.15, 0.2) is 17.6 Å². The van der Waals surface area contributed by atoms with Crippen molar-refractivity contribution in [3.05, 3.63) is 48.0 Å². The van der Waals surface area contributed by atoms with Crippen LogP contribution < -0.4 is 19.5 Å². The van der Waals surface area contributed by atoms with Crippen LogP contribution in [0.5, 0.6) is 17.2 Å². The van der Waals surface area contributed by atoms with Gasteiger partial charge < -0.3 is 19.5 Å². The number of hydrogen-bond acceptors (Lipinski definition) is 4. The highest BCUT2D eigenvalue weighted by atomic mass is 16.7. The summed E-state index contributed by atoms with van der Waals surface area (Å²) in [5.41, 5.74) is 1.79. The Labute approximate surface area is 128 Å². The molecule has 1 aliphatic rings. The predicted molar refractivity (Wildman–Crippen MR) is 82.5 cm³/mol. The summed E-state index contributed by atoms with van der Waals surface area (Å²) in [7, 11) is 0. The van der Waals surface area contributed by atoms with Crippen LogP contribution in [0.25, 0.3) is 0 Å². The van der Waals surface area contributed by atoms with E-state index in [0.29, 0.717) is 22.9 Å². The van der Waals surface area contributed by atoms with Gasteiger partial charge in [0, 0.05) is 11.8 Å². The number of hydrogen-bond donors (Lipinski definition) is 1. The van der Waals surface area contributed by atoms with E-state index in [-0.39, 0.29) is 12.7 Å². The molecule has 5 heteroatoms. The molecule has 3 rings (SSSR count). The molecule has 1 N–H and O–H groups in total. The fraction of sp³-hybridized carbons (Fsp3) is 0.235. The lowest BCUT2D eigenvalue weighted by Gasteiger charge is -2.15. The van der Waals surface area contributed by atoms with E-state index in [0.717, 1.165) is 5.56 Å². The Balaban J connectivity index is 1.62. The molecule has 0 saturated heterocycles. The van der Waals surface area contributed by atoms with Crippen molar-refractivity contribution in [2.24, 2.45) is 0 Å². The first kappa shape index (κ1) is 14.3. The maximum absolute atomic E-state index is 12.2. The molecule has 1 unspecified atom stereocenters. The summed E-state index contributed by atoms with van der Waals surface area (Å²) in [5, 5.41) is 2.80. The second kappa shape index (κ2) is 5.97. The molecule has 0 fully saturated rings. The minimum Gasteiger partial charge on any atom is -0.481 e. The third-order valence-electron chi connectivity index (χ3n) is 3.34. The predicted octanol–water partition coefficient (Wildman–Crippen LogP) is 3.13. The number of carbonyl (C=O) groups excluding carboxylic acids is 1. The van der Waals surface area contributed by atoms with Crippen molar-refractivity contribution >= 4 is 11.6 Å². The number of anilines is 1. The molecule has 0 aromatic heterocycles. The third-order valence-corrected chi connectivity index (χ3v) is 3.34. The van der Waals surface area contributed by atoms with E-state index < -0.39 is 6.10 Å². The van der Waals surface area contributed by atoms with Crippen LogP contribution >= 0.6 is 0 Å². The van der Waals surface area contributed by atoms with Gasteiger partial charge >= 0.3 is 0 Å². The van der Waals surface area contributed by atoms with Crippen LogP contribution in [0.1, 0.15) is 12.5 Å². The van der Waals surface area contributed by atoms with Crippen LogP contribution in [0.3, 0.4) is 0 Å².